The Morgan fingerprint density at radius 3 is 2.14 bits per heavy atom. The molecule has 0 spiro atoms. The highest BCUT2D eigenvalue weighted by atomic mass is 16.5. The van der Waals surface area contributed by atoms with E-state index in [2.05, 4.69) is 58.9 Å². The average molecular weight is 601 g/mol. The van der Waals surface area contributed by atoms with E-state index >= 15 is 0 Å². The highest BCUT2D eigenvalue weighted by Crippen LogP contribution is 2.31. The standard InChI is InChI=1S/C36H60N2O5/c1-10-26(5)34(37(7)36(41)29(11-2)25(3)4)32(42-8)24-33(40)38-23-17-21-30(38)35(43-9)27(6)31(39)22-16-20-28-18-14-12-13-15-19-28/h12-15,18-19,25-30,32,34-35H,10-11,16-17,20-24H2,1-9H3/t26-,27-,29-,30-,32+,34-,35+/m0/s1. The second kappa shape index (κ2) is 18.5. The molecule has 1 aliphatic carbocycles. The zero-order valence-corrected chi connectivity index (χ0v) is 28.5. The Kier molecular flexibility index (Phi) is 15.9. The third-order valence-corrected chi connectivity index (χ3v) is 9.93. The van der Waals surface area contributed by atoms with Gasteiger partial charge in [-0.2, -0.15) is 0 Å². The summed E-state index contributed by atoms with van der Waals surface area (Å²) < 4.78 is 11.9. The minimum absolute atomic E-state index is 0.00153. The van der Waals surface area contributed by atoms with E-state index in [-0.39, 0.29) is 65.9 Å². The molecule has 2 aliphatic rings. The second-order valence-electron chi connectivity index (χ2n) is 13.0. The summed E-state index contributed by atoms with van der Waals surface area (Å²) in [7, 11) is 5.16. The Labute approximate surface area is 262 Å². The van der Waals surface area contributed by atoms with Crippen LogP contribution in [0.25, 0.3) is 0 Å². The second-order valence-corrected chi connectivity index (χ2v) is 13.0. The fourth-order valence-electron chi connectivity index (χ4n) is 7.07. The summed E-state index contributed by atoms with van der Waals surface area (Å²) in [6.07, 6.45) is 17.5. The van der Waals surface area contributed by atoms with Gasteiger partial charge in [0.05, 0.1) is 30.7 Å². The SMILES string of the molecule is CC[C@H](C(=O)N(C)[C@@H]([C@@H](C)CC)[C@@H](CC(=O)N1CCC[C@H]1[C@H](OC)[C@@H](C)C(=O)CCCC1C=CC=CC=C1)OC)C(C)C. The number of methoxy groups -OCH3 is 2. The zero-order valence-electron chi connectivity index (χ0n) is 28.5. The zero-order chi connectivity index (χ0) is 32.1. The van der Waals surface area contributed by atoms with Crippen LogP contribution >= 0.6 is 0 Å². The van der Waals surface area contributed by atoms with Crippen LogP contribution in [0.15, 0.2) is 36.5 Å². The third-order valence-electron chi connectivity index (χ3n) is 9.93. The van der Waals surface area contributed by atoms with Gasteiger partial charge in [0.1, 0.15) is 5.78 Å². The van der Waals surface area contributed by atoms with Gasteiger partial charge in [0.25, 0.3) is 0 Å². The quantitative estimate of drug-likeness (QED) is 0.177. The number of rotatable bonds is 18. The largest absolute Gasteiger partial charge is 0.379 e. The summed E-state index contributed by atoms with van der Waals surface area (Å²) >= 11 is 0. The van der Waals surface area contributed by atoms with E-state index in [1.165, 1.54) is 0 Å². The van der Waals surface area contributed by atoms with E-state index < -0.39 is 6.10 Å². The van der Waals surface area contributed by atoms with Gasteiger partial charge in [0.15, 0.2) is 0 Å². The Balaban J connectivity index is 2.11. The van der Waals surface area contributed by atoms with Crippen LogP contribution in [0, 0.1) is 29.6 Å². The number of likely N-dealkylation sites (N-methyl/N-ethyl adjacent to an activating group) is 1. The predicted molar refractivity (Wildman–Crippen MR) is 175 cm³/mol. The molecule has 0 aromatic carbocycles. The number of hydrogen-bond donors (Lipinski definition) is 0. The summed E-state index contributed by atoms with van der Waals surface area (Å²) in [5.41, 5.74) is 0. The molecule has 0 unspecified atom stereocenters. The van der Waals surface area contributed by atoms with E-state index in [1.807, 2.05) is 35.9 Å². The van der Waals surface area contributed by atoms with Crippen molar-refractivity contribution in [2.75, 3.05) is 27.8 Å². The minimum Gasteiger partial charge on any atom is -0.379 e. The summed E-state index contributed by atoms with van der Waals surface area (Å²) in [4.78, 5) is 44.5. The molecule has 0 aromatic heterocycles. The molecule has 244 valence electrons. The number of ether oxygens (including phenoxy) is 2. The highest BCUT2D eigenvalue weighted by molar-refractivity contribution is 5.82. The number of nitrogens with zero attached hydrogens (tertiary/aromatic N) is 2. The van der Waals surface area contributed by atoms with E-state index in [4.69, 9.17) is 9.47 Å². The third kappa shape index (κ3) is 10.1. The van der Waals surface area contributed by atoms with Crippen molar-refractivity contribution < 1.29 is 23.9 Å². The maximum atomic E-state index is 13.9. The van der Waals surface area contributed by atoms with Crippen molar-refractivity contribution in [3.63, 3.8) is 0 Å². The lowest BCUT2D eigenvalue weighted by molar-refractivity contribution is -0.148. The molecular formula is C36H60N2O5. The van der Waals surface area contributed by atoms with Gasteiger partial charge in [0.2, 0.25) is 11.8 Å². The highest BCUT2D eigenvalue weighted by Gasteiger charge is 2.42. The van der Waals surface area contributed by atoms with Gasteiger partial charge in [-0.1, -0.05) is 84.4 Å². The van der Waals surface area contributed by atoms with Gasteiger partial charge in [-0.3, -0.25) is 14.4 Å². The molecule has 0 N–H and O–H groups in total. The lowest BCUT2D eigenvalue weighted by atomic mass is 9.87. The van der Waals surface area contributed by atoms with Crippen molar-refractivity contribution in [3.8, 4) is 0 Å². The molecule has 0 radical (unpaired) electrons. The number of likely N-dealkylation sites (tertiary alicyclic amines) is 1. The van der Waals surface area contributed by atoms with Crippen molar-refractivity contribution in [3.05, 3.63) is 36.5 Å². The number of ketones is 1. The van der Waals surface area contributed by atoms with Crippen molar-refractivity contribution >= 4 is 17.6 Å². The van der Waals surface area contributed by atoms with Gasteiger partial charge < -0.3 is 19.3 Å². The number of carbonyl (C=O) groups excluding carboxylic acids is 3. The molecule has 43 heavy (non-hydrogen) atoms. The number of amides is 2. The Hall–Kier alpha value is -2.25. The number of carbonyl (C=O) groups is 3. The Morgan fingerprint density at radius 1 is 0.953 bits per heavy atom. The number of allylic oxidation sites excluding steroid dienone is 6. The van der Waals surface area contributed by atoms with Crippen LogP contribution in [-0.4, -0.2) is 79.5 Å². The van der Waals surface area contributed by atoms with Gasteiger partial charge in [-0.25, -0.2) is 0 Å². The van der Waals surface area contributed by atoms with Crippen LogP contribution < -0.4 is 0 Å². The van der Waals surface area contributed by atoms with E-state index in [9.17, 15) is 14.4 Å². The number of Topliss-reactive ketones (excluding diaryl/α,β-unsaturated/α-hetero) is 1. The van der Waals surface area contributed by atoms with Crippen molar-refractivity contribution in [2.24, 2.45) is 29.6 Å². The maximum Gasteiger partial charge on any atom is 0.226 e. The summed E-state index contributed by atoms with van der Waals surface area (Å²) in [5, 5.41) is 0. The molecule has 0 bridgehead atoms. The molecule has 2 rings (SSSR count). The first-order valence-electron chi connectivity index (χ1n) is 16.7. The van der Waals surface area contributed by atoms with Gasteiger partial charge >= 0.3 is 0 Å². The van der Waals surface area contributed by atoms with Crippen LogP contribution in [0.3, 0.4) is 0 Å². The fourth-order valence-corrected chi connectivity index (χ4v) is 7.07. The minimum atomic E-state index is -0.426. The van der Waals surface area contributed by atoms with E-state index in [0.29, 0.717) is 18.9 Å². The monoisotopic (exact) mass is 600 g/mol. The molecule has 2 amide bonds. The maximum absolute atomic E-state index is 13.9. The molecule has 1 fully saturated rings. The van der Waals surface area contributed by atoms with Gasteiger partial charge in [-0.15, -0.1) is 0 Å². The molecule has 7 heteroatoms. The predicted octanol–water partition coefficient (Wildman–Crippen LogP) is 6.63. The molecule has 0 aromatic rings. The smallest absolute Gasteiger partial charge is 0.226 e. The number of hydrogen-bond acceptors (Lipinski definition) is 5. The van der Waals surface area contributed by atoms with E-state index in [1.54, 1.807) is 14.2 Å². The lowest BCUT2D eigenvalue weighted by Gasteiger charge is -2.40. The molecule has 7 nitrogen and oxygen atoms in total. The topological polar surface area (TPSA) is 76.2 Å². The first-order chi connectivity index (χ1) is 20.5. The van der Waals surface area contributed by atoms with Crippen molar-refractivity contribution in [2.45, 2.75) is 117 Å². The van der Waals surface area contributed by atoms with Crippen molar-refractivity contribution in [1.82, 2.24) is 9.80 Å². The Bertz CT molecular complexity index is 957. The van der Waals surface area contributed by atoms with Crippen LogP contribution in [0.1, 0.15) is 92.9 Å². The van der Waals surface area contributed by atoms with Crippen LogP contribution in [0.4, 0.5) is 0 Å². The van der Waals surface area contributed by atoms with Gasteiger partial charge in [-0.05, 0) is 49.9 Å². The van der Waals surface area contributed by atoms with E-state index in [0.717, 1.165) is 38.5 Å². The first kappa shape index (κ1) is 36.9. The lowest BCUT2D eigenvalue weighted by Crippen LogP contribution is -2.53. The van der Waals surface area contributed by atoms with Gasteiger partial charge in [0, 0.05) is 46.1 Å². The molecular weight excluding hydrogens is 540 g/mol. The molecule has 1 aliphatic heterocycles. The van der Waals surface area contributed by atoms with Crippen LogP contribution in [0.2, 0.25) is 0 Å². The van der Waals surface area contributed by atoms with Crippen LogP contribution in [-0.2, 0) is 23.9 Å². The van der Waals surface area contributed by atoms with Crippen LogP contribution in [0.5, 0.6) is 0 Å². The molecule has 0 saturated carbocycles. The molecule has 1 heterocycles. The normalized spacial score (nSPS) is 21.3. The van der Waals surface area contributed by atoms with Crippen molar-refractivity contribution in [1.29, 1.82) is 0 Å². The first-order valence-corrected chi connectivity index (χ1v) is 16.7. The summed E-state index contributed by atoms with van der Waals surface area (Å²) in [6, 6.07) is -0.368. The molecule has 1 saturated heterocycles. The molecule has 7 atom stereocenters. The summed E-state index contributed by atoms with van der Waals surface area (Å²) in [5.74, 6) is 0.688. The fraction of sp³-hybridized carbons (Fsp3) is 0.750. The average Bonchev–Trinajstić information content (AvgIpc) is 3.32. The summed E-state index contributed by atoms with van der Waals surface area (Å²) in [6.45, 7) is 13.1. The Morgan fingerprint density at radius 2 is 1.60 bits per heavy atom.